The molecule has 0 aliphatic heterocycles. The molecule has 0 spiro atoms. The molecule has 0 aliphatic carbocycles. The van der Waals surface area contributed by atoms with Crippen LogP contribution in [0, 0.1) is 0 Å². The Morgan fingerprint density at radius 3 is 2.17 bits per heavy atom. The molecule has 66 valence electrons. The highest BCUT2D eigenvalue weighted by Crippen LogP contribution is 2.12. The normalized spacial score (nSPS) is 9.50. The molecular weight excluding hydrogens is 148 g/mol. The van der Waals surface area contributed by atoms with Gasteiger partial charge in [0.05, 0.1) is 0 Å². The molecule has 0 amide bonds. The van der Waals surface area contributed by atoms with Gasteiger partial charge in [-0.05, 0) is 30.7 Å². The summed E-state index contributed by atoms with van der Waals surface area (Å²) in [7, 11) is 1.93. The fourth-order valence-electron chi connectivity index (χ4n) is 1.02. The molecule has 0 aliphatic rings. The van der Waals surface area contributed by atoms with E-state index in [9.17, 15) is 0 Å². The van der Waals surface area contributed by atoms with Gasteiger partial charge in [-0.2, -0.15) is 0 Å². The monoisotopic (exact) mass is 164 g/mol. The van der Waals surface area contributed by atoms with Crippen LogP contribution >= 0.6 is 0 Å². The lowest BCUT2D eigenvalue weighted by atomic mass is 10.3. The molecule has 2 nitrogen and oxygen atoms in total. The molecule has 0 radical (unpaired) electrons. The van der Waals surface area contributed by atoms with Gasteiger partial charge >= 0.3 is 0 Å². The largest absolute Gasteiger partial charge is 0.388 e. The van der Waals surface area contributed by atoms with Crippen LogP contribution in [-0.4, -0.2) is 13.6 Å². The fraction of sp³-hybridized carbons (Fsp3) is 0.400. The highest BCUT2D eigenvalue weighted by atomic mass is 14.9. The summed E-state index contributed by atoms with van der Waals surface area (Å²) in [5, 5.41) is 6.40. The van der Waals surface area contributed by atoms with Crippen LogP contribution in [0.15, 0.2) is 24.3 Å². The summed E-state index contributed by atoms with van der Waals surface area (Å²) in [6.45, 7) is 3.20. The number of hydrogen-bond donors (Lipinski definition) is 2. The van der Waals surface area contributed by atoms with Crippen LogP contribution in [0.3, 0.4) is 0 Å². The topological polar surface area (TPSA) is 24.1 Å². The van der Waals surface area contributed by atoms with E-state index < -0.39 is 0 Å². The van der Waals surface area contributed by atoms with E-state index in [1.807, 2.05) is 7.05 Å². The van der Waals surface area contributed by atoms with Crippen molar-refractivity contribution in [1.82, 2.24) is 0 Å². The van der Waals surface area contributed by atoms with Crippen molar-refractivity contribution < 1.29 is 0 Å². The van der Waals surface area contributed by atoms with Gasteiger partial charge in [0.15, 0.2) is 0 Å². The molecule has 2 N–H and O–H groups in total. The summed E-state index contributed by atoms with van der Waals surface area (Å²) in [6.07, 6.45) is 1.16. The number of benzene rings is 1. The number of anilines is 2. The first-order valence-corrected chi connectivity index (χ1v) is 4.38. The van der Waals surface area contributed by atoms with Crippen molar-refractivity contribution in [3.05, 3.63) is 24.3 Å². The van der Waals surface area contributed by atoms with Gasteiger partial charge in [-0.15, -0.1) is 0 Å². The maximum Gasteiger partial charge on any atom is 0.0341 e. The van der Waals surface area contributed by atoms with Gasteiger partial charge in [-0.3, -0.25) is 0 Å². The predicted octanol–water partition coefficient (Wildman–Crippen LogP) is 2.55. The van der Waals surface area contributed by atoms with Crippen molar-refractivity contribution in [3.63, 3.8) is 0 Å². The van der Waals surface area contributed by atoms with Crippen molar-refractivity contribution >= 4 is 11.4 Å². The smallest absolute Gasteiger partial charge is 0.0341 e. The molecule has 1 rings (SSSR count). The Hall–Kier alpha value is -1.18. The van der Waals surface area contributed by atoms with Gasteiger partial charge in [0.2, 0.25) is 0 Å². The van der Waals surface area contributed by atoms with Crippen LogP contribution in [-0.2, 0) is 0 Å². The van der Waals surface area contributed by atoms with Crippen molar-refractivity contribution in [1.29, 1.82) is 0 Å². The van der Waals surface area contributed by atoms with Crippen LogP contribution in [0.5, 0.6) is 0 Å². The molecule has 0 unspecified atom stereocenters. The second-order valence-electron chi connectivity index (χ2n) is 2.75. The van der Waals surface area contributed by atoms with Crippen LogP contribution in [0.25, 0.3) is 0 Å². The Labute approximate surface area is 74.0 Å². The molecule has 1 aromatic rings. The number of nitrogens with one attached hydrogen (secondary N) is 2. The lowest BCUT2D eigenvalue weighted by molar-refractivity contribution is 0.980. The third kappa shape index (κ3) is 2.46. The van der Waals surface area contributed by atoms with E-state index in [1.54, 1.807) is 0 Å². The lowest BCUT2D eigenvalue weighted by Gasteiger charge is -2.05. The highest BCUT2D eigenvalue weighted by molar-refractivity contribution is 5.53. The summed E-state index contributed by atoms with van der Waals surface area (Å²) >= 11 is 0. The van der Waals surface area contributed by atoms with Gasteiger partial charge in [-0.1, -0.05) is 6.92 Å². The molecule has 2 heteroatoms. The second-order valence-corrected chi connectivity index (χ2v) is 2.75. The average Bonchev–Trinajstić information content (AvgIpc) is 2.15. The minimum absolute atomic E-state index is 1.04. The number of hydrogen-bond acceptors (Lipinski definition) is 2. The Morgan fingerprint density at radius 1 is 1.08 bits per heavy atom. The molecular formula is C10H16N2. The van der Waals surface area contributed by atoms with Crippen molar-refractivity contribution in [2.45, 2.75) is 13.3 Å². The average molecular weight is 164 g/mol. The van der Waals surface area contributed by atoms with Gasteiger partial charge in [0.1, 0.15) is 0 Å². The summed E-state index contributed by atoms with van der Waals surface area (Å²) in [5.74, 6) is 0. The quantitative estimate of drug-likeness (QED) is 0.714. The summed E-state index contributed by atoms with van der Waals surface area (Å²) < 4.78 is 0. The maximum absolute atomic E-state index is 3.32. The summed E-state index contributed by atoms with van der Waals surface area (Å²) in [5.41, 5.74) is 2.34. The first-order valence-electron chi connectivity index (χ1n) is 4.38. The Kier molecular flexibility index (Phi) is 3.45. The van der Waals surface area contributed by atoms with E-state index in [-0.39, 0.29) is 0 Å². The molecule has 12 heavy (non-hydrogen) atoms. The van der Waals surface area contributed by atoms with Crippen molar-refractivity contribution in [3.8, 4) is 0 Å². The minimum Gasteiger partial charge on any atom is -0.388 e. The van der Waals surface area contributed by atoms with E-state index >= 15 is 0 Å². The van der Waals surface area contributed by atoms with Gasteiger partial charge in [0.25, 0.3) is 0 Å². The van der Waals surface area contributed by atoms with E-state index in [4.69, 9.17) is 0 Å². The van der Waals surface area contributed by atoms with E-state index in [0.29, 0.717) is 0 Å². The Morgan fingerprint density at radius 2 is 1.67 bits per heavy atom. The van der Waals surface area contributed by atoms with Gasteiger partial charge in [-0.25, -0.2) is 0 Å². The second kappa shape index (κ2) is 4.65. The zero-order valence-corrected chi connectivity index (χ0v) is 7.72. The molecule has 1 aromatic carbocycles. The zero-order chi connectivity index (χ0) is 8.81. The molecule has 0 atom stereocenters. The molecule has 0 saturated heterocycles. The third-order valence-electron chi connectivity index (χ3n) is 1.75. The number of rotatable bonds is 4. The van der Waals surface area contributed by atoms with Crippen molar-refractivity contribution in [2.24, 2.45) is 0 Å². The molecule has 0 fully saturated rings. The lowest BCUT2D eigenvalue weighted by Crippen LogP contribution is -1.99. The molecule has 0 bridgehead atoms. The van der Waals surface area contributed by atoms with Crippen molar-refractivity contribution in [2.75, 3.05) is 24.2 Å². The van der Waals surface area contributed by atoms with Crippen LogP contribution in [0.2, 0.25) is 0 Å². The SMILES string of the molecule is CCCNc1ccc(NC)cc1. The van der Waals surface area contributed by atoms with E-state index in [0.717, 1.165) is 18.7 Å². The molecule has 0 aromatic heterocycles. The fourth-order valence-corrected chi connectivity index (χ4v) is 1.02. The van der Waals surface area contributed by atoms with E-state index in [2.05, 4.69) is 41.8 Å². The standard InChI is InChI=1S/C10H16N2/c1-3-8-12-10-6-4-9(11-2)5-7-10/h4-7,11-12H,3,8H2,1-2H3. The van der Waals surface area contributed by atoms with Crippen LogP contribution in [0.4, 0.5) is 11.4 Å². The maximum atomic E-state index is 3.32. The Balaban J connectivity index is 2.53. The predicted molar refractivity (Wildman–Crippen MR) is 54.8 cm³/mol. The van der Waals surface area contributed by atoms with E-state index in [1.165, 1.54) is 5.69 Å². The molecule has 0 saturated carbocycles. The van der Waals surface area contributed by atoms with Crippen LogP contribution in [0.1, 0.15) is 13.3 Å². The highest BCUT2D eigenvalue weighted by Gasteiger charge is 1.89. The van der Waals surface area contributed by atoms with Gasteiger partial charge in [0, 0.05) is 25.0 Å². The summed E-state index contributed by atoms with van der Waals surface area (Å²) in [6, 6.07) is 8.30. The summed E-state index contributed by atoms with van der Waals surface area (Å²) in [4.78, 5) is 0. The first-order chi connectivity index (χ1) is 5.86. The van der Waals surface area contributed by atoms with Crippen LogP contribution < -0.4 is 10.6 Å². The molecule has 0 heterocycles. The first kappa shape index (κ1) is 8.91. The Bertz CT molecular complexity index is 216. The minimum atomic E-state index is 1.04. The third-order valence-corrected chi connectivity index (χ3v) is 1.75. The zero-order valence-electron chi connectivity index (χ0n) is 7.72. The van der Waals surface area contributed by atoms with Gasteiger partial charge < -0.3 is 10.6 Å².